The van der Waals surface area contributed by atoms with E-state index in [1.54, 1.807) is 0 Å². The molecular weight excluding hydrogens is 1160 g/mol. The van der Waals surface area contributed by atoms with Crippen LogP contribution in [0.2, 0.25) is 0 Å². The molecule has 0 aromatic carbocycles. The molecule has 0 saturated heterocycles. The van der Waals surface area contributed by atoms with Crippen molar-refractivity contribution in [1.82, 2.24) is 0 Å². The third kappa shape index (κ3) is 46.3. The van der Waals surface area contributed by atoms with Gasteiger partial charge in [-0.05, 0) is 0 Å². The van der Waals surface area contributed by atoms with Crippen molar-refractivity contribution < 1.29 is 235 Å². The van der Waals surface area contributed by atoms with Gasteiger partial charge in [-0.2, -0.15) is 0 Å². The normalized spacial score (nSPS) is 0. The van der Waals surface area contributed by atoms with Crippen LogP contribution < -0.4 is 0 Å². The van der Waals surface area contributed by atoms with Crippen LogP contribution in [0.3, 0.4) is 0 Å². The van der Waals surface area contributed by atoms with Gasteiger partial charge in [-0.1, -0.05) is 0 Å². The van der Waals surface area contributed by atoms with Crippen LogP contribution in [0.25, 0.3) is 0 Å². The second-order valence-corrected chi connectivity index (χ2v) is 0. The van der Waals surface area contributed by atoms with E-state index >= 15 is 0 Å². The zero-order chi connectivity index (χ0) is 0. The molecule has 0 bridgehead atoms. The summed E-state index contributed by atoms with van der Waals surface area (Å²) in [6.07, 6.45) is 0. The average Bonchev–Trinajstić information content (AvgIpc) is 0. The topological polar surface area (TPSA) is 0 Å². The first-order valence-electron chi connectivity index (χ1n) is 0. The predicted molar refractivity (Wildman–Crippen MR) is 23.0 cm³/mol. The standard InChI is InChI=1S/4Ge.5Yb. The summed E-state index contributed by atoms with van der Waals surface area (Å²) in [5.74, 6) is 0. The first-order valence-corrected chi connectivity index (χ1v) is 0. The van der Waals surface area contributed by atoms with E-state index in [2.05, 4.69) is 0 Å². The third-order valence-electron chi connectivity index (χ3n) is 0. The van der Waals surface area contributed by atoms with Crippen molar-refractivity contribution >= 4 is 70.4 Å². The molecule has 0 aromatic rings. The fourth-order valence-electron chi connectivity index (χ4n) is 0. The molecule has 9 heavy (non-hydrogen) atoms. The van der Waals surface area contributed by atoms with E-state index in [0.29, 0.717) is 0 Å². The van der Waals surface area contributed by atoms with Gasteiger partial charge in [0.15, 0.2) is 0 Å². The molecule has 0 rings (SSSR count). The molecule has 0 aromatic heterocycles. The summed E-state index contributed by atoms with van der Waals surface area (Å²) in [4.78, 5) is 0. The minimum absolute atomic E-state index is 0. The first-order chi connectivity index (χ1) is 0. The van der Waals surface area contributed by atoms with Crippen molar-refractivity contribution in [3.8, 4) is 0 Å². The van der Waals surface area contributed by atoms with E-state index in [-0.39, 0.29) is 305 Å². The minimum Gasteiger partial charge on any atom is 0 e. The Hall–Kier alpha value is 9.77. The largest absolute Gasteiger partial charge is 0 e. The Morgan fingerprint density at radius 3 is 0.222 bits per heavy atom. The molecule has 0 heterocycles. The predicted octanol–water partition coefficient (Wildman–Crippen LogP) is -1.52. The maximum atomic E-state index is 0. The van der Waals surface area contributed by atoms with Gasteiger partial charge >= 0.3 is 0 Å². The van der Waals surface area contributed by atoms with Gasteiger partial charge in [0, 0.05) is 305 Å². The maximum absolute atomic E-state index is 0. The van der Waals surface area contributed by atoms with Crippen molar-refractivity contribution in [3.63, 3.8) is 0 Å². The van der Waals surface area contributed by atoms with Crippen molar-refractivity contribution in [2.24, 2.45) is 0 Å². The molecule has 86 valence electrons. The van der Waals surface area contributed by atoms with Gasteiger partial charge in [-0.15, -0.1) is 0 Å². The van der Waals surface area contributed by atoms with E-state index in [4.69, 9.17) is 0 Å². The average molecular weight is 1160 g/mol. The zero-order valence-corrected chi connectivity index (χ0v) is 20.3. The van der Waals surface area contributed by atoms with Gasteiger partial charge < -0.3 is 0 Å². The molecule has 0 amide bonds. The quantitative estimate of drug-likeness (QED) is 0.259. The van der Waals surface area contributed by atoms with Crippen molar-refractivity contribution in [2.45, 2.75) is 0 Å². The fraction of sp³-hybridized carbons (Fsp3) is 0. The van der Waals surface area contributed by atoms with Crippen LogP contribution in [0.5, 0.6) is 0 Å². The van der Waals surface area contributed by atoms with E-state index in [1.165, 1.54) is 0 Å². The summed E-state index contributed by atoms with van der Waals surface area (Å²) in [7, 11) is 0. The minimum atomic E-state index is 0. The molecule has 0 N–H and O–H groups in total. The Morgan fingerprint density at radius 1 is 0.222 bits per heavy atom. The molecule has 0 nitrogen and oxygen atoms in total. The monoisotopic (exact) mass is 1170 g/mol. The first kappa shape index (κ1) is 62.1. The van der Waals surface area contributed by atoms with Gasteiger partial charge in [-0.25, -0.2) is 0 Å². The molecule has 0 fully saturated rings. The number of hydrogen-bond acceptors (Lipinski definition) is 0. The van der Waals surface area contributed by atoms with Crippen LogP contribution in [0, 0.1) is 235 Å². The van der Waals surface area contributed by atoms with Gasteiger partial charge in [0.2, 0.25) is 0 Å². The Balaban J connectivity index is 0. The van der Waals surface area contributed by atoms with E-state index in [0.717, 1.165) is 0 Å². The zero-order valence-electron chi connectivity index (χ0n) is 3.34. The van der Waals surface area contributed by atoms with Gasteiger partial charge in [0.1, 0.15) is 0 Å². The van der Waals surface area contributed by atoms with Crippen molar-refractivity contribution in [3.05, 3.63) is 0 Å². The van der Waals surface area contributed by atoms with Crippen LogP contribution >= 0.6 is 0 Å². The summed E-state index contributed by atoms with van der Waals surface area (Å²) >= 11 is 0. The number of hydrogen-bond donors (Lipinski definition) is 0. The molecule has 0 unspecified atom stereocenters. The SMILES string of the molecule is [Ge].[Ge].[Ge].[Ge].[Yb].[Yb].[Yb].[Yb].[Yb]. The molecule has 0 saturated carbocycles. The molecule has 9 heteroatoms. The molecule has 0 aliphatic carbocycles. The Morgan fingerprint density at radius 2 is 0.222 bits per heavy atom. The molecule has 16 radical (unpaired) electrons. The molecular formula is Ge4Yb5. The summed E-state index contributed by atoms with van der Waals surface area (Å²) in [6.45, 7) is 0. The summed E-state index contributed by atoms with van der Waals surface area (Å²) in [6, 6.07) is 0. The smallest absolute Gasteiger partial charge is 0 e. The summed E-state index contributed by atoms with van der Waals surface area (Å²) in [5.41, 5.74) is 0. The van der Waals surface area contributed by atoms with Crippen LogP contribution in [0.1, 0.15) is 0 Å². The fourth-order valence-corrected chi connectivity index (χ4v) is 0. The van der Waals surface area contributed by atoms with Crippen LogP contribution in [0.4, 0.5) is 0 Å². The Kier molecular flexibility index (Phi) is 361. The maximum Gasteiger partial charge on any atom is 0 e. The third-order valence-corrected chi connectivity index (χ3v) is 0. The van der Waals surface area contributed by atoms with Gasteiger partial charge in [0.05, 0.1) is 0 Å². The van der Waals surface area contributed by atoms with Gasteiger partial charge in [0.25, 0.3) is 0 Å². The van der Waals surface area contributed by atoms with Gasteiger partial charge in [-0.3, -0.25) is 0 Å². The van der Waals surface area contributed by atoms with E-state index in [9.17, 15) is 0 Å². The van der Waals surface area contributed by atoms with Crippen LogP contribution in [0.15, 0.2) is 0 Å². The molecule has 0 spiro atoms. The number of rotatable bonds is 0. The molecule has 0 atom stereocenters. The Bertz CT molecular complexity index is 8.92. The van der Waals surface area contributed by atoms with Crippen LogP contribution in [-0.4, -0.2) is 70.4 Å². The van der Waals surface area contributed by atoms with E-state index in [1.807, 2.05) is 0 Å². The second-order valence-electron chi connectivity index (χ2n) is 0. The molecule has 0 aliphatic heterocycles. The van der Waals surface area contributed by atoms with Crippen molar-refractivity contribution in [2.75, 3.05) is 0 Å². The molecule has 0 aliphatic rings. The van der Waals surface area contributed by atoms with E-state index < -0.39 is 0 Å². The Labute approximate surface area is 293 Å². The summed E-state index contributed by atoms with van der Waals surface area (Å²) < 4.78 is 0. The summed E-state index contributed by atoms with van der Waals surface area (Å²) in [5, 5.41) is 0. The van der Waals surface area contributed by atoms with Crippen LogP contribution in [-0.2, 0) is 0 Å². The van der Waals surface area contributed by atoms with Crippen molar-refractivity contribution in [1.29, 1.82) is 0 Å². The second kappa shape index (κ2) is 52.4.